The van der Waals surface area contributed by atoms with Crippen molar-refractivity contribution >= 4 is 11.9 Å². The van der Waals surface area contributed by atoms with Gasteiger partial charge in [0.15, 0.2) is 0 Å². The van der Waals surface area contributed by atoms with Crippen molar-refractivity contribution < 1.29 is 14.7 Å². The number of rotatable bonds is 3. The number of hydrogen-bond donors (Lipinski definition) is 3. The molecular formula is C14H24N2O3. The van der Waals surface area contributed by atoms with Crippen LogP contribution in [0.15, 0.2) is 0 Å². The summed E-state index contributed by atoms with van der Waals surface area (Å²) in [5, 5.41) is 12.3. The van der Waals surface area contributed by atoms with Crippen molar-refractivity contribution in [2.24, 2.45) is 11.7 Å². The van der Waals surface area contributed by atoms with Gasteiger partial charge in [-0.2, -0.15) is 0 Å². The summed E-state index contributed by atoms with van der Waals surface area (Å²) in [5.74, 6) is -0.877. The molecular weight excluding hydrogens is 244 g/mol. The fourth-order valence-electron chi connectivity index (χ4n) is 3.49. The van der Waals surface area contributed by atoms with E-state index in [0.717, 1.165) is 25.7 Å². The number of carboxylic acid groups (broad SMARTS) is 1. The molecule has 2 aliphatic carbocycles. The molecule has 19 heavy (non-hydrogen) atoms. The van der Waals surface area contributed by atoms with Crippen LogP contribution < -0.4 is 11.1 Å². The molecule has 108 valence electrons. The Kier molecular flexibility index (Phi) is 3.85. The van der Waals surface area contributed by atoms with E-state index in [1.807, 2.05) is 6.92 Å². The highest BCUT2D eigenvalue weighted by Gasteiger charge is 2.47. The molecule has 1 amide bonds. The van der Waals surface area contributed by atoms with Crippen molar-refractivity contribution in [1.82, 2.24) is 5.32 Å². The molecule has 0 aromatic rings. The molecule has 2 aliphatic rings. The highest BCUT2D eigenvalue weighted by molar-refractivity contribution is 5.92. The summed E-state index contributed by atoms with van der Waals surface area (Å²) < 4.78 is 0. The van der Waals surface area contributed by atoms with E-state index in [-0.39, 0.29) is 5.91 Å². The first-order chi connectivity index (χ1) is 8.88. The zero-order valence-electron chi connectivity index (χ0n) is 11.6. The van der Waals surface area contributed by atoms with E-state index in [1.165, 1.54) is 0 Å². The maximum Gasteiger partial charge on any atom is 0.329 e. The van der Waals surface area contributed by atoms with Gasteiger partial charge < -0.3 is 16.2 Å². The molecule has 0 spiro atoms. The van der Waals surface area contributed by atoms with Crippen molar-refractivity contribution in [3.8, 4) is 0 Å². The highest BCUT2D eigenvalue weighted by Crippen LogP contribution is 2.34. The highest BCUT2D eigenvalue weighted by atomic mass is 16.4. The van der Waals surface area contributed by atoms with Crippen LogP contribution in [0.4, 0.5) is 0 Å². The van der Waals surface area contributed by atoms with E-state index in [9.17, 15) is 14.7 Å². The number of carbonyl (C=O) groups is 2. The number of aliphatic carboxylic acids is 1. The van der Waals surface area contributed by atoms with Gasteiger partial charge in [-0.05, 0) is 31.6 Å². The number of hydrogen-bond acceptors (Lipinski definition) is 3. The summed E-state index contributed by atoms with van der Waals surface area (Å²) in [6.45, 7) is 2.04. The lowest BCUT2D eigenvalue weighted by Crippen LogP contribution is -2.63. The SMILES string of the molecule is CC1CCCC(NC(=O)C2(N)CCCC2)(C(=O)O)C1. The van der Waals surface area contributed by atoms with Crippen molar-refractivity contribution in [3.05, 3.63) is 0 Å². The average Bonchev–Trinajstić information content (AvgIpc) is 2.77. The number of nitrogens with two attached hydrogens (primary N) is 1. The molecule has 2 atom stereocenters. The first-order valence-electron chi connectivity index (χ1n) is 7.23. The number of amides is 1. The Morgan fingerprint density at radius 2 is 1.84 bits per heavy atom. The molecule has 4 N–H and O–H groups in total. The first kappa shape index (κ1) is 14.3. The quantitative estimate of drug-likeness (QED) is 0.721. The second-order valence-electron chi connectivity index (χ2n) is 6.41. The topological polar surface area (TPSA) is 92.4 Å². The van der Waals surface area contributed by atoms with Crippen LogP contribution in [0.1, 0.15) is 58.3 Å². The predicted octanol–water partition coefficient (Wildman–Crippen LogP) is 1.41. The van der Waals surface area contributed by atoms with E-state index in [4.69, 9.17) is 5.73 Å². The number of nitrogens with one attached hydrogen (secondary N) is 1. The van der Waals surface area contributed by atoms with Crippen LogP contribution in [0, 0.1) is 5.92 Å². The Labute approximate surface area is 113 Å². The Balaban J connectivity index is 2.12. The van der Waals surface area contributed by atoms with Crippen LogP contribution in [-0.4, -0.2) is 28.1 Å². The fraction of sp³-hybridized carbons (Fsp3) is 0.857. The van der Waals surface area contributed by atoms with Crippen molar-refractivity contribution in [3.63, 3.8) is 0 Å². The van der Waals surface area contributed by atoms with Gasteiger partial charge in [-0.25, -0.2) is 4.79 Å². The monoisotopic (exact) mass is 268 g/mol. The molecule has 2 saturated carbocycles. The van der Waals surface area contributed by atoms with Gasteiger partial charge in [-0.15, -0.1) is 0 Å². The zero-order chi connectivity index (χ0) is 14.1. The van der Waals surface area contributed by atoms with Crippen LogP contribution in [0.2, 0.25) is 0 Å². The van der Waals surface area contributed by atoms with Crippen molar-refractivity contribution in [2.75, 3.05) is 0 Å². The Morgan fingerprint density at radius 1 is 1.21 bits per heavy atom. The third-order valence-corrected chi connectivity index (χ3v) is 4.71. The molecule has 0 aromatic heterocycles. The Bertz CT molecular complexity index is 377. The summed E-state index contributed by atoms with van der Waals surface area (Å²) in [6.07, 6.45) is 6.08. The minimum Gasteiger partial charge on any atom is -0.480 e. The molecule has 2 unspecified atom stereocenters. The smallest absolute Gasteiger partial charge is 0.329 e. The molecule has 5 heteroatoms. The molecule has 0 heterocycles. The van der Waals surface area contributed by atoms with Gasteiger partial charge in [0.25, 0.3) is 0 Å². The van der Waals surface area contributed by atoms with Crippen LogP contribution in [-0.2, 0) is 9.59 Å². The average molecular weight is 268 g/mol. The van der Waals surface area contributed by atoms with E-state index in [2.05, 4.69) is 5.32 Å². The predicted molar refractivity (Wildman–Crippen MR) is 71.5 cm³/mol. The van der Waals surface area contributed by atoms with Gasteiger partial charge in [0.05, 0.1) is 5.54 Å². The second-order valence-corrected chi connectivity index (χ2v) is 6.41. The lowest BCUT2D eigenvalue weighted by molar-refractivity contribution is -0.151. The van der Waals surface area contributed by atoms with Crippen LogP contribution >= 0.6 is 0 Å². The van der Waals surface area contributed by atoms with Crippen LogP contribution in [0.3, 0.4) is 0 Å². The summed E-state index contributed by atoms with van der Waals surface area (Å²) in [7, 11) is 0. The minimum atomic E-state index is -1.11. The lowest BCUT2D eigenvalue weighted by atomic mass is 9.76. The molecule has 0 aliphatic heterocycles. The summed E-state index contributed by atoms with van der Waals surface area (Å²) in [6, 6.07) is 0. The second kappa shape index (κ2) is 5.12. The molecule has 0 saturated heterocycles. The van der Waals surface area contributed by atoms with E-state index < -0.39 is 17.0 Å². The summed E-state index contributed by atoms with van der Waals surface area (Å²) >= 11 is 0. The molecule has 2 fully saturated rings. The summed E-state index contributed by atoms with van der Waals surface area (Å²) in [4.78, 5) is 24.0. The Hall–Kier alpha value is -1.10. The lowest BCUT2D eigenvalue weighted by Gasteiger charge is -2.39. The number of carbonyl (C=O) groups excluding carboxylic acids is 1. The first-order valence-corrected chi connectivity index (χ1v) is 7.23. The van der Waals surface area contributed by atoms with E-state index >= 15 is 0 Å². The molecule has 0 radical (unpaired) electrons. The minimum absolute atomic E-state index is 0.276. The van der Waals surface area contributed by atoms with E-state index in [0.29, 0.717) is 31.6 Å². The van der Waals surface area contributed by atoms with Crippen molar-refractivity contribution in [1.29, 1.82) is 0 Å². The molecule has 5 nitrogen and oxygen atoms in total. The third-order valence-electron chi connectivity index (χ3n) is 4.71. The normalized spacial score (nSPS) is 33.9. The molecule has 0 bridgehead atoms. The van der Waals surface area contributed by atoms with Gasteiger partial charge in [-0.3, -0.25) is 4.79 Å². The Morgan fingerprint density at radius 3 is 2.37 bits per heavy atom. The van der Waals surface area contributed by atoms with Gasteiger partial charge >= 0.3 is 5.97 Å². The van der Waals surface area contributed by atoms with Crippen molar-refractivity contribution in [2.45, 2.75) is 69.4 Å². The summed E-state index contributed by atoms with van der Waals surface area (Å²) in [5.41, 5.74) is 4.14. The molecule has 2 rings (SSSR count). The fourth-order valence-corrected chi connectivity index (χ4v) is 3.49. The third kappa shape index (κ3) is 2.76. The maximum absolute atomic E-state index is 12.4. The van der Waals surface area contributed by atoms with Gasteiger partial charge in [-0.1, -0.05) is 32.6 Å². The van der Waals surface area contributed by atoms with Gasteiger partial charge in [0, 0.05) is 0 Å². The number of carboxylic acids is 1. The standard InChI is InChI=1S/C14H24N2O3/c1-10-5-4-8-14(9-10,12(18)19)16-11(17)13(15)6-2-3-7-13/h10H,2-9,15H2,1H3,(H,16,17)(H,18,19). The molecule has 0 aromatic carbocycles. The van der Waals surface area contributed by atoms with Crippen LogP contribution in [0.5, 0.6) is 0 Å². The maximum atomic E-state index is 12.4. The van der Waals surface area contributed by atoms with E-state index in [1.54, 1.807) is 0 Å². The largest absolute Gasteiger partial charge is 0.480 e. The van der Waals surface area contributed by atoms with Gasteiger partial charge in [0.2, 0.25) is 5.91 Å². The van der Waals surface area contributed by atoms with Gasteiger partial charge in [0.1, 0.15) is 5.54 Å². The zero-order valence-corrected chi connectivity index (χ0v) is 11.6. The van der Waals surface area contributed by atoms with Crippen LogP contribution in [0.25, 0.3) is 0 Å².